The first-order valence-corrected chi connectivity index (χ1v) is 6.70. The number of amides is 1. The molecule has 2 rings (SSSR count). The molecule has 4 heteroatoms. The minimum Gasteiger partial charge on any atom is -0.490 e. The lowest BCUT2D eigenvalue weighted by molar-refractivity contribution is -0.120. The molecule has 98 valence electrons. The number of aromatic nitrogens is 1. The van der Waals surface area contributed by atoms with E-state index in [1.165, 1.54) is 6.42 Å². The van der Waals surface area contributed by atoms with Crippen LogP contribution in [0.5, 0.6) is 5.75 Å². The Hall–Kier alpha value is -1.58. The first kappa shape index (κ1) is 12.9. The Bertz CT molecular complexity index is 401. The maximum Gasteiger partial charge on any atom is 0.228 e. The second-order valence-corrected chi connectivity index (χ2v) is 4.61. The number of anilines is 1. The lowest BCUT2D eigenvalue weighted by Crippen LogP contribution is -2.25. The molecule has 0 saturated heterocycles. The van der Waals surface area contributed by atoms with Gasteiger partial charge in [0.25, 0.3) is 0 Å². The zero-order chi connectivity index (χ0) is 12.8. The second kappa shape index (κ2) is 6.38. The summed E-state index contributed by atoms with van der Waals surface area (Å²) in [6, 6.07) is 3.63. The summed E-state index contributed by atoms with van der Waals surface area (Å²) in [5, 5.41) is 2.89. The average molecular weight is 248 g/mol. The summed E-state index contributed by atoms with van der Waals surface area (Å²) < 4.78 is 5.45. The Kier molecular flexibility index (Phi) is 4.56. The molecule has 1 amide bonds. The highest BCUT2D eigenvalue weighted by molar-refractivity contribution is 5.92. The lowest BCUT2D eigenvalue weighted by Gasteiger charge is -2.21. The van der Waals surface area contributed by atoms with Gasteiger partial charge in [-0.3, -0.25) is 4.79 Å². The Morgan fingerprint density at radius 1 is 1.44 bits per heavy atom. The summed E-state index contributed by atoms with van der Waals surface area (Å²) in [6.07, 6.45) is 7.19. The minimum absolute atomic E-state index is 0.0781. The third-order valence-electron chi connectivity index (χ3n) is 3.29. The molecule has 0 aromatic carbocycles. The largest absolute Gasteiger partial charge is 0.490 e. The maximum atomic E-state index is 12.1. The zero-order valence-electron chi connectivity index (χ0n) is 10.8. The van der Waals surface area contributed by atoms with Crippen LogP contribution in [-0.4, -0.2) is 17.5 Å². The molecule has 1 fully saturated rings. The standard InChI is InChI=1S/C14H20N2O2/c1-2-18-12-9-6-10-15-13(12)16-14(17)11-7-4-3-5-8-11/h6,9-11H,2-5,7-8H2,1H3,(H,15,16,17). The van der Waals surface area contributed by atoms with Gasteiger partial charge >= 0.3 is 0 Å². The molecule has 1 saturated carbocycles. The first-order valence-electron chi connectivity index (χ1n) is 6.70. The number of nitrogens with one attached hydrogen (secondary N) is 1. The predicted molar refractivity (Wildman–Crippen MR) is 70.6 cm³/mol. The van der Waals surface area contributed by atoms with E-state index in [0.29, 0.717) is 18.2 Å². The van der Waals surface area contributed by atoms with Crippen LogP contribution in [0, 0.1) is 5.92 Å². The van der Waals surface area contributed by atoms with Gasteiger partial charge in [0.1, 0.15) is 0 Å². The fourth-order valence-electron chi connectivity index (χ4n) is 2.34. The summed E-state index contributed by atoms with van der Waals surface area (Å²) >= 11 is 0. The minimum atomic E-state index is 0.0781. The number of pyridine rings is 1. The molecule has 1 heterocycles. The van der Waals surface area contributed by atoms with Crippen LogP contribution in [0.25, 0.3) is 0 Å². The molecule has 1 N–H and O–H groups in total. The van der Waals surface area contributed by atoms with Gasteiger partial charge in [-0.2, -0.15) is 0 Å². The van der Waals surface area contributed by atoms with Gasteiger partial charge in [0.15, 0.2) is 11.6 Å². The van der Waals surface area contributed by atoms with Crippen molar-refractivity contribution in [1.29, 1.82) is 0 Å². The smallest absolute Gasteiger partial charge is 0.228 e. The lowest BCUT2D eigenvalue weighted by atomic mass is 9.89. The number of carbonyl (C=O) groups excluding carboxylic acids is 1. The number of hydrogen-bond donors (Lipinski definition) is 1. The van der Waals surface area contributed by atoms with Crippen LogP contribution >= 0.6 is 0 Å². The van der Waals surface area contributed by atoms with Crippen molar-refractivity contribution in [3.63, 3.8) is 0 Å². The Morgan fingerprint density at radius 2 is 2.22 bits per heavy atom. The topological polar surface area (TPSA) is 51.2 Å². The maximum absolute atomic E-state index is 12.1. The number of hydrogen-bond acceptors (Lipinski definition) is 3. The summed E-state index contributed by atoms with van der Waals surface area (Å²) in [5.41, 5.74) is 0. The third-order valence-corrected chi connectivity index (χ3v) is 3.29. The van der Waals surface area contributed by atoms with Crippen LogP contribution < -0.4 is 10.1 Å². The molecule has 0 bridgehead atoms. The van der Waals surface area contributed by atoms with Gasteiger partial charge in [-0.15, -0.1) is 0 Å². The zero-order valence-corrected chi connectivity index (χ0v) is 10.8. The van der Waals surface area contributed by atoms with E-state index in [-0.39, 0.29) is 11.8 Å². The first-order chi connectivity index (χ1) is 8.81. The molecular weight excluding hydrogens is 228 g/mol. The Morgan fingerprint density at radius 3 is 2.94 bits per heavy atom. The van der Waals surface area contributed by atoms with Gasteiger partial charge in [-0.05, 0) is 31.9 Å². The summed E-state index contributed by atoms with van der Waals surface area (Å²) in [7, 11) is 0. The highest BCUT2D eigenvalue weighted by Crippen LogP contribution is 2.26. The fourth-order valence-corrected chi connectivity index (χ4v) is 2.34. The fraction of sp³-hybridized carbons (Fsp3) is 0.571. The molecular formula is C14H20N2O2. The van der Waals surface area contributed by atoms with Crippen molar-refractivity contribution >= 4 is 11.7 Å². The van der Waals surface area contributed by atoms with Crippen LogP contribution in [0.3, 0.4) is 0 Å². The van der Waals surface area contributed by atoms with Crippen LogP contribution in [-0.2, 0) is 4.79 Å². The summed E-state index contributed by atoms with van der Waals surface area (Å²) in [6.45, 7) is 2.48. The molecule has 0 aliphatic heterocycles. The quantitative estimate of drug-likeness (QED) is 0.891. The van der Waals surface area contributed by atoms with Gasteiger partial charge < -0.3 is 10.1 Å². The number of ether oxygens (including phenoxy) is 1. The van der Waals surface area contributed by atoms with E-state index in [2.05, 4.69) is 10.3 Å². The summed E-state index contributed by atoms with van der Waals surface area (Å²) in [5.74, 6) is 1.39. The Balaban J connectivity index is 2.01. The highest BCUT2D eigenvalue weighted by Gasteiger charge is 2.22. The summed E-state index contributed by atoms with van der Waals surface area (Å²) in [4.78, 5) is 16.3. The number of nitrogens with zero attached hydrogens (tertiary/aromatic N) is 1. The molecule has 1 aromatic rings. The molecule has 0 unspecified atom stereocenters. The van der Waals surface area contributed by atoms with E-state index in [1.54, 1.807) is 12.3 Å². The molecule has 1 aliphatic rings. The van der Waals surface area contributed by atoms with Crippen molar-refractivity contribution in [3.8, 4) is 5.75 Å². The van der Waals surface area contributed by atoms with Gasteiger partial charge in [-0.1, -0.05) is 19.3 Å². The molecule has 0 atom stereocenters. The average Bonchev–Trinajstić information content (AvgIpc) is 2.42. The van der Waals surface area contributed by atoms with Gasteiger partial charge in [0.2, 0.25) is 5.91 Å². The van der Waals surface area contributed by atoms with Crippen molar-refractivity contribution < 1.29 is 9.53 Å². The predicted octanol–water partition coefficient (Wildman–Crippen LogP) is 3.00. The van der Waals surface area contributed by atoms with Crippen molar-refractivity contribution in [2.75, 3.05) is 11.9 Å². The van der Waals surface area contributed by atoms with Crippen LogP contribution in [0.15, 0.2) is 18.3 Å². The van der Waals surface area contributed by atoms with Crippen molar-refractivity contribution in [2.45, 2.75) is 39.0 Å². The second-order valence-electron chi connectivity index (χ2n) is 4.61. The van der Waals surface area contributed by atoms with Crippen LogP contribution in [0.4, 0.5) is 5.82 Å². The van der Waals surface area contributed by atoms with E-state index in [0.717, 1.165) is 25.7 Å². The van der Waals surface area contributed by atoms with Crippen LogP contribution in [0.2, 0.25) is 0 Å². The highest BCUT2D eigenvalue weighted by atomic mass is 16.5. The van der Waals surface area contributed by atoms with E-state index < -0.39 is 0 Å². The van der Waals surface area contributed by atoms with E-state index in [4.69, 9.17) is 4.74 Å². The van der Waals surface area contributed by atoms with E-state index in [9.17, 15) is 4.79 Å². The molecule has 1 aliphatic carbocycles. The molecule has 1 aromatic heterocycles. The third kappa shape index (κ3) is 3.22. The molecule has 4 nitrogen and oxygen atoms in total. The number of carbonyl (C=O) groups is 1. The van der Waals surface area contributed by atoms with E-state index >= 15 is 0 Å². The van der Waals surface area contributed by atoms with Gasteiger partial charge in [0.05, 0.1) is 6.61 Å². The Labute approximate surface area is 108 Å². The van der Waals surface area contributed by atoms with Crippen LogP contribution in [0.1, 0.15) is 39.0 Å². The molecule has 0 radical (unpaired) electrons. The van der Waals surface area contributed by atoms with E-state index in [1.807, 2.05) is 13.0 Å². The van der Waals surface area contributed by atoms with Crippen molar-refractivity contribution in [2.24, 2.45) is 5.92 Å². The normalized spacial score (nSPS) is 16.3. The molecule has 18 heavy (non-hydrogen) atoms. The van der Waals surface area contributed by atoms with Gasteiger partial charge in [0, 0.05) is 12.1 Å². The van der Waals surface area contributed by atoms with Gasteiger partial charge in [-0.25, -0.2) is 4.98 Å². The monoisotopic (exact) mass is 248 g/mol. The van der Waals surface area contributed by atoms with Crippen molar-refractivity contribution in [1.82, 2.24) is 4.98 Å². The molecule has 0 spiro atoms. The SMILES string of the molecule is CCOc1cccnc1NC(=O)C1CCCCC1. The van der Waals surface area contributed by atoms with Crippen molar-refractivity contribution in [3.05, 3.63) is 18.3 Å². The number of rotatable bonds is 4.